The van der Waals surface area contributed by atoms with E-state index in [4.69, 9.17) is 11.6 Å². The number of nitrogens with zero attached hydrogens (tertiary/aromatic N) is 2. The predicted octanol–water partition coefficient (Wildman–Crippen LogP) is 4.82. The first-order valence-corrected chi connectivity index (χ1v) is 10.8. The number of aromatic amines is 1. The van der Waals surface area contributed by atoms with Gasteiger partial charge in [0.05, 0.1) is 12.1 Å². The number of hydrogen-bond acceptors (Lipinski definition) is 3. The number of anilines is 1. The third kappa shape index (κ3) is 5.00. The molecule has 0 spiro atoms. The van der Waals surface area contributed by atoms with Crippen molar-refractivity contribution in [1.82, 2.24) is 15.5 Å². The number of carbonyl (C=O) groups excluding carboxylic acids is 1. The largest absolute Gasteiger partial charge is 0.353 e. The first kappa shape index (κ1) is 20.0. The summed E-state index contributed by atoms with van der Waals surface area (Å²) in [4.78, 5) is 14.7. The summed E-state index contributed by atoms with van der Waals surface area (Å²) in [6.45, 7) is 1.69. The van der Waals surface area contributed by atoms with Gasteiger partial charge in [0.2, 0.25) is 5.91 Å². The summed E-state index contributed by atoms with van der Waals surface area (Å²) >= 11 is 9.48. The molecule has 1 saturated heterocycles. The molecule has 2 heterocycles. The highest BCUT2D eigenvalue weighted by atomic mass is 79.9. The molecule has 0 bridgehead atoms. The fourth-order valence-corrected chi connectivity index (χ4v) is 4.20. The topological polar surface area (TPSA) is 61.0 Å². The SMILES string of the molecule is O=C(Cc1ccccc1Br)NC1CCCN(c2cc(-c3ccc(Cl)cc3)[nH]n2)C1. The van der Waals surface area contributed by atoms with Crippen molar-refractivity contribution in [2.45, 2.75) is 25.3 Å². The van der Waals surface area contributed by atoms with Gasteiger partial charge in [0.15, 0.2) is 5.82 Å². The molecule has 1 aromatic heterocycles. The number of piperidine rings is 1. The van der Waals surface area contributed by atoms with Gasteiger partial charge >= 0.3 is 0 Å². The minimum absolute atomic E-state index is 0.0487. The van der Waals surface area contributed by atoms with Gasteiger partial charge in [0.25, 0.3) is 0 Å². The molecule has 0 saturated carbocycles. The molecular formula is C22H22BrClN4O. The van der Waals surface area contributed by atoms with E-state index < -0.39 is 0 Å². The van der Waals surface area contributed by atoms with Gasteiger partial charge in [-0.3, -0.25) is 9.89 Å². The summed E-state index contributed by atoms with van der Waals surface area (Å²) < 4.78 is 0.965. The van der Waals surface area contributed by atoms with Gasteiger partial charge in [-0.25, -0.2) is 0 Å². The van der Waals surface area contributed by atoms with Gasteiger partial charge in [-0.2, -0.15) is 5.10 Å². The zero-order valence-electron chi connectivity index (χ0n) is 15.9. The van der Waals surface area contributed by atoms with Crippen LogP contribution in [0.4, 0.5) is 5.82 Å². The van der Waals surface area contributed by atoms with Crippen molar-refractivity contribution in [3.63, 3.8) is 0 Å². The molecule has 1 aliphatic heterocycles. The van der Waals surface area contributed by atoms with E-state index in [0.717, 1.165) is 53.0 Å². The van der Waals surface area contributed by atoms with E-state index in [1.54, 1.807) is 0 Å². The van der Waals surface area contributed by atoms with Gasteiger partial charge in [-0.05, 0) is 42.2 Å². The second kappa shape index (κ2) is 9.01. The molecule has 1 fully saturated rings. The van der Waals surface area contributed by atoms with Crippen LogP contribution in [0.5, 0.6) is 0 Å². The Morgan fingerprint density at radius 3 is 2.83 bits per heavy atom. The van der Waals surface area contributed by atoms with Gasteiger partial charge < -0.3 is 10.2 Å². The second-order valence-electron chi connectivity index (χ2n) is 7.27. The minimum atomic E-state index is 0.0487. The molecule has 1 aliphatic rings. The lowest BCUT2D eigenvalue weighted by Crippen LogP contribution is -2.48. The lowest BCUT2D eigenvalue weighted by Gasteiger charge is -2.33. The molecule has 1 atom stereocenters. The lowest BCUT2D eigenvalue weighted by molar-refractivity contribution is -0.121. The molecule has 0 aliphatic carbocycles. The molecule has 7 heteroatoms. The maximum Gasteiger partial charge on any atom is 0.224 e. The van der Waals surface area contributed by atoms with Gasteiger partial charge in [-0.1, -0.05) is 57.9 Å². The van der Waals surface area contributed by atoms with Crippen molar-refractivity contribution in [2.75, 3.05) is 18.0 Å². The van der Waals surface area contributed by atoms with E-state index in [1.807, 2.05) is 48.5 Å². The predicted molar refractivity (Wildman–Crippen MR) is 120 cm³/mol. The van der Waals surface area contributed by atoms with E-state index >= 15 is 0 Å². The standard InChI is InChI=1S/C22H22BrClN4O/c23-19-6-2-1-4-16(19)12-22(29)25-18-5-3-11-28(14-18)21-13-20(26-27-21)15-7-9-17(24)10-8-15/h1-2,4,6-10,13,18H,3,5,11-12,14H2,(H,25,29)(H,26,27). The van der Waals surface area contributed by atoms with Crippen LogP contribution in [0.3, 0.4) is 0 Å². The molecule has 5 nitrogen and oxygen atoms in total. The number of hydrogen-bond donors (Lipinski definition) is 2. The Morgan fingerprint density at radius 2 is 2.03 bits per heavy atom. The van der Waals surface area contributed by atoms with E-state index in [0.29, 0.717) is 11.4 Å². The summed E-state index contributed by atoms with van der Waals surface area (Å²) in [5.41, 5.74) is 3.00. The number of H-pyrrole nitrogens is 1. The Hall–Kier alpha value is -2.31. The van der Waals surface area contributed by atoms with Crippen LogP contribution in [0.2, 0.25) is 5.02 Å². The molecule has 1 amide bonds. The summed E-state index contributed by atoms with van der Waals surface area (Å²) in [5, 5.41) is 11.5. The van der Waals surface area contributed by atoms with E-state index in [1.165, 1.54) is 0 Å². The average molecular weight is 474 g/mol. The number of halogens is 2. The molecule has 0 radical (unpaired) electrons. The lowest BCUT2D eigenvalue weighted by atomic mass is 10.0. The number of aromatic nitrogens is 2. The van der Waals surface area contributed by atoms with Crippen molar-refractivity contribution in [1.29, 1.82) is 0 Å². The molecule has 2 aromatic carbocycles. The smallest absolute Gasteiger partial charge is 0.224 e. The quantitative estimate of drug-likeness (QED) is 0.558. The molecule has 150 valence electrons. The first-order chi connectivity index (χ1) is 14.1. The normalized spacial score (nSPS) is 16.6. The van der Waals surface area contributed by atoms with Crippen LogP contribution in [-0.4, -0.2) is 35.2 Å². The van der Waals surface area contributed by atoms with Gasteiger partial charge in [0.1, 0.15) is 0 Å². The van der Waals surface area contributed by atoms with Gasteiger partial charge in [0, 0.05) is 34.7 Å². The molecule has 1 unspecified atom stereocenters. The van der Waals surface area contributed by atoms with Crippen LogP contribution in [0.25, 0.3) is 11.3 Å². The van der Waals surface area contributed by atoms with Crippen LogP contribution < -0.4 is 10.2 Å². The van der Waals surface area contributed by atoms with Gasteiger partial charge in [-0.15, -0.1) is 0 Å². The number of nitrogens with one attached hydrogen (secondary N) is 2. The fourth-order valence-electron chi connectivity index (χ4n) is 3.65. The molecular weight excluding hydrogens is 452 g/mol. The third-order valence-corrected chi connectivity index (χ3v) is 6.16. The summed E-state index contributed by atoms with van der Waals surface area (Å²) in [5.74, 6) is 0.951. The highest BCUT2D eigenvalue weighted by Gasteiger charge is 2.23. The van der Waals surface area contributed by atoms with Crippen molar-refractivity contribution in [3.8, 4) is 11.3 Å². The maximum absolute atomic E-state index is 12.5. The Balaban J connectivity index is 1.38. The second-order valence-corrected chi connectivity index (χ2v) is 8.56. The summed E-state index contributed by atoms with van der Waals surface area (Å²) in [7, 11) is 0. The molecule has 29 heavy (non-hydrogen) atoms. The van der Waals surface area contributed by atoms with Crippen molar-refractivity contribution < 1.29 is 4.79 Å². The van der Waals surface area contributed by atoms with Crippen LogP contribution >= 0.6 is 27.5 Å². The van der Waals surface area contributed by atoms with Crippen LogP contribution in [0.15, 0.2) is 59.1 Å². The first-order valence-electron chi connectivity index (χ1n) is 9.67. The van der Waals surface area contributed by atoms with Crippen LogP contribution in [-0.2, 0) is 11.2 Å². The average Bonchev–Trinajstić information content (AvgIpc) is 3.21. The molecule has 4 rings (SSSR count). The van der Waals surface area contributed by atoms with E-state index in [-0.39, 0.29) is 11.9 Å². The number of rotatable bonds is 5. The zero-order chi connectivity index (χ0) is 20.2. The monoisotopic (exact) mass is 472 g/mol. The Labute approximate surface area is 183 Å². The summed E-state index contributed by atoms with van der Waals surface area (Å²) in [6.07, 6.45) is 2.37. The molecule has 3 aromatic rings. The Kier molecular flexibility index (Phi) is 6.21. The van der Waals surface area contributed by atoms with E-state index in [9.17, 15) is 4.79 Å². The Bertz CT molecular complexity index is 988. The highest BCUT2D eigenvalue weighted by Crippen LogP contribution is 2.25. The fraction of sp³-hybridized carbons (Fsp3) is 0.273. The third-order valence-electron chi connectivity index (χ3n) is 5.14. The van der Waals surface area contributed by atoms with Crippen molar-refractivity contribution in [2.24, 2.45) is 0 Å². The number of carbonyl (C=O) groups is 1. The summed E-state index contributed by atoms with van der Waals surface area (Å²) in [6, 6.07) is 17.7. The minimum Gasteiger partial charge on any atom is -0.353 e. The van der Waals surface area contributed by atoms with E-state index in [2.05, 4.69) is 42.4 Å². The van der Waals surface area contributed by atoms with Crippen molar-refractivity contribution in [3.05, 3.63) is 69.7 Å². The Morgan fingerprint density at radius 1 is 1.24 bits per heavy atom. The van der Waals surface area contributed by atoms with Crippen molar-refractivity contribution >= 4 is 39.3 Å². The van der Waals surface area contributed by atoms with Crippen LogP contribution in [0.1, 0.15) is 18.4 Å². The molecule has 2 N–H and O–H groups in total. The zero-order valence-corrected chi connectivity index (χ0v) is 18.2. The van der Waals surface area contributed by atoms with Crippen LogP contribution in [0, 0.1) is 0 Å². The highest BCUT2D eigenvalue weighted by molar-refractivity contribution is 9.10. The maximum atomic E-state index is 12.5. The number of amides is 1. The number of benzene rings is 2.